The first-order chi connectivity index (χ1) is 14.3. The number of methoxy groups -OCH3 is 1. The summed E-state index contributed by atoms with van der Waals surface area (Å²) in [6.07, 6.45) is 4.56. The van der Waals surface area contributed by atoms with E-state index in [1.54, 1.807) is 13.3 Å². The molecule has 1 atom stereocenters. The number of pyridine rings is 1. The van der Waals surface area contributed by atoms with Crippen LogP contribution in [0.25, 0.3) is 0 Å². The highest BCUT2D eigenvalue weighted by Crippen LogP contribution is 2.32. The number of ether oxygens (including phenoxy) is 1. The fraction of sp³-hybridized carbons (Fsp3) is 0.250. The monoisotopic (exact) mass is 387 g/mol. The summed E-state index contributed by atoms with van der Waals surface area (Å²) in [6, 6.07) is 19.4. The molecule has 2 heterocycles. The number of anilines is 1. The Balaban J connectivity index is 1.63. The number of benzene rings is 2. The van der Waals surface area contributed by atoms with Gasteiger partial charge in [-0.15, -0.1) is 0 Å². The predicted octanol–water partition coefficient (Wildman–Crippen LogP) is 3.61. The molecule has 0 saturated carbocycles. The lowest BCUT2D eigenvalue weighted by atomic mass is 9.97. The molecule has 0 saturated heterocycles. The molecule has 2 aromatic carbocycles. The van der Waals surface area contributed by atoms with Gasteiger partial charge in [0, 0.05) is 43.8 Å². The largest absolute Gasteiger partial charge is 0.383 e. The normalized spacial score (nSPS) is 13.8. The molecule has 1 N–H and O–H groups in total. The number of amides is 1. The molecule has 29 heavy (non-hydrogen) atoms. The SMILES string of the molecule is COCCN1CCc2cc(C(NC(=O)c3ccccc3)c3cccnc3)ccc21. The quantitative estimate of drug-likeness (QED) is 0.673. The van der Waals surface area contributed by atoms with Crippen molar-refractivity contribution in [2.24, 2.45) is 0 Å². The van der Waals surface area contributed by atoms with Gasteiger partial charge in [0.05, 0.1) is 12.6 Å². The summed E-state index contributed by atoms with van der Waals surface area (Å²) in [6.45, 7) is 2.60. The number of hydrogen-bond acceptors (Lipinski definition) is 4. The summed E-state index contributed by atoms with van der Waals surface area (Å²) in [7, 11) is 1.73. The number of aromatic nitrogens is 1. The first kappa shape index (κ1) is 19.2. The van der Waals surface area contributed by atoms with Gasteiger partial charge in [-0.2, -0.15) is 0 Å². The van der Waals surface area contributed by atoms with Crippen LogP contribution in [-0.4, -0.2) is 37.7 Å². The van der Waals surface area contributed by atoms with Gasteiger partial charge < -0.3 is 15.0 Å². The highest BCUT2D eigenvalue weighted by molar-refractivity contribution is 5.94. The van der Waals surface area contributed by atoms with Gasteiger partial charge in [0.1, 0.15) is 0 Å². The molecule has 0 aliphatic carbocycles. The van der Waals surface area contributed by atoms with Gasteiger partial charge in [-0.25, -0.2) is 0 Å². The molecule has 0 spiro atoms. The number of nitrogens with one attached hydrogen (secondary N) is 1. The number of nitrogens with zero attached hydrogens (tertiary/aromatic N) is 2. The van der Waals surface area contributed by atoms with Crippen LogP contribution in [0.4, 0.5) is 5.69 Å². The first-order valence-electron chi connectivity index (χ1n) is 9.89. The van der Waals surface area contributed by atoms with Gasteiger partial charge >= 0.3 is 0 Å². The Morgan fingerprint density at radius 1 is 1.14 bits per heavy atom. The van der Waals surface area contributed by atoms with Gasteiger partial charge in [0.15, 0.2) is 0 Å². The standard InChI is InChI=1S/C24H25N3O2/c1-29-15-14-27-13-11-19-16-20(9-10-22(19)27)23(21-8-5-12-25-17-21)26-24(28)18-6-3-2-4-7-18/h2-10,12,16-17,23H,11,13-15H2,1H3,(H,26,28). The highest BCUT2D eigenvalue weighted by atomic mass is 16.5. The van der Waals surface area contributed by atoms with Gasteiger partial charge in [0.2, 0.25) is 0 Å². The topological polar surface area (TPSA) is 54.5 Å². The van der Waals surface area contributed by atoms with Crippen LogP contribution in [0, 0.1) is 0 Å². The summed E-state index contributed by atoms with van der Waals surface area (Å²) in [5.41, 5.74) is 5.24. The molecule has 148 valence electrons. The second-order valence-corrected chi connectivity index (χ2v) is 7.18. The van der Waals surface area contributed by atoms with Crippen molar-refractivity contribution in [2.45, 2.75) is 12.5 Å². The Labute approximate surface area is 171 Å². The number of carbonyl (C=O) groups is 1. The van der Waals surface area contributed by atoms with E-state index in [0.29, 0.717) is 12.2 Å². The van der Waals surface area contributed by atoms with E-state index >= 15 is 0 Å². The minimum absolute atomic E-state index is 0.0957. The lowest BCUT2D eigenvalue weighted by Crippen LogP contribution is -2.29. The number of carbonyl (C=O) groups excluding carboxylic acids is 1. The molecule has 5 nitrogen and oxygen atoms in total. The summed E-state index contributed by atoms with van der Waals surface area (Å²) in [5, 5.41) is 3.19. The summed E-state index contributed by atoms with van der Waals surface area (Å²) in [4.78, 5) is 19.5. The molecular weight excluding hydrogens is 362 g/mol. The molecule has 1 aromatic heterocycles. The fourth-order valence-electron chi connectivity index (χ4n) is 3.81. The minimum atomic E-state index is -0.255. The zero-order valence-corrected chi connectivity index (χ0v) is 16.5. The lowest BCUT2D eigenvalue weighted by Gasteiger charge is -2.22. The molecule has 1 aliphatic rings. The molecule has 0 fully saturated rings. The van der Waals surface area contributed by atoms with E-state index in [4.69, 9.17) is 4.74 Å². The van der Waals surface area contributed by atoms with Gasteiger partial charge in [-0.1, -0.05) is 36.4 Å². The smallest absolute Gasteiger partial charge is 0.252 e. The summed E-state index contributed by atoms with van der Waals surface area (Å²) >= 11 is 0. The van der Waals surface area contributed by atoms with Crippen LogP contribution in [-0.2, 0) is 11.2 Å². The average Bonchev–Trinajstić information content (AvgIpc) is 3.19. The van der Waals surface area contributed by atoms with Crippen LogP contribution in [0.3, 0.4) is 0 Å². The van der Waals surface area contributed by atoms with Crippen molar-refractivity contribution in [3.05, 3.63) is 95.3 Å². The van der Waals surface area contributed by atoms with Gasteiger partial charge in [-0.3, -0.25) is 9.78 Å². The minimum Gasteiger partial charge on any atom is -0.383 e. The van der Waals surface area contributed by atoms with E-state index in [1.807, 2.05) is 48.7 Å². The number of hydrogen-bond donors (Lipinski definition) is 1. The maximum Gasteiger partial charge on any atom is 0.252 e. The van der Waals surface area contributed by atoms with Crippen LogP contribution < -0.4 is 10.2 Å². The van der Waals surface area contributed by atoms with Crippen LogP contribution >= 0.6 is 0 Å². The molecular formula is C24H25N3O2. The second kappa shape index (κ2) is 8.88. The highest BCUT2D eigenvalue weighted by Gasteiger charge is 2.23. The molecule has 5 heteroatoms. The van der Waals surface area contributed by atoms with Crippen molar-refractivity contribution in [1.29, 1.82) is 0 Å². The zero-order chi connectivity index (χ0) is 20.1. The average molecular weight is 387 g/mol. The third-order valence-corrected chi connectivity index (χ3v) is 5.32. The van der Waals surface area contributed by atoms with Crippen molar-refractivity contribution in [2.75, 3.05) is 31.7 Å². The number of fused-ring (bicyclic) bond motifs is 1. The van der Waals surface area contributed by atoms with Crippen LogP contribution in [0.1, 0.15) is 33.1 Å². The van der Waals surface area contributed by atoms with E-state index in [0.717, 1.165) is 30.6 Å². The van der Waals surface area contributed by atoms with E-state index < -0.39 is 0 Å². The first-order valence-corrected chi connectivity index (χ1v) is 9.89. The van der Waals surface area contributed by atoms with Crippen molar-refractivity contribution >= 4 is 11.6 Å². The van der Waals surface area contributed by atoms with Crippen LogP contribution in [0.5, 0.6) is 0 Å². The second-order valence-electron chi connectivity index (χ2n) is 7.18. The van der Waals surface area contributed by atoms with Crippen LogP contribution in [0.2, 0.25) is 0 Å². The number of rotatable bonds is 7. The van der Waals surface area contributed by atoms with E-state index in [-0.39, 0.29) is 11.9 Å². The lowest BCUT2D eigenvalue weighted by molar-refractivity contribution is 0.0943. The van der Waals surface area contributed by atoms with Gasteiger partial charge in [-0.05, 0) is 47.4 Å². The third-order valence-electron chi connectivity index (χ3n) is 5.32. The summed E-state index contributed by atoms with van der Waals surface area (Å²) < 4.78 is 5.23. The summed E-state index contributed by atoms with van der Waals surface area (Å²) in [5.74, 6) is -0.0957. The van der Waals surface area contributed by atoms with Crippen molar-refractivity contribution < 1.29 is 9.53 Å². The predicted molar refractivity (Wildman–Crippen MR) is 114 cm³/mol. The van der Waals surface area contributed by atoms with Crippen LogP contribution in [0.15, 0.2) is 73.1 Å². The molecule has 1 aliphatic heterocycles. The van der Waals surface area contributed by atoms with Gasteiger partial charge in [0.25, 0.3) is 5.91 Å². The van der Waals surface area contributed by atoms with Crippen molar-refractivity contribution in [3.63, 3.8) is 0 Å². The maximum absolute atomic E-state index is 12.9. The Kier molecular flexibility index (Phi) is 5.86. The third kappa shape index (κ3) is 4.30. The van der Waals surface area contributed by atoms with E-state index in [1.165, 1.54) is 11.3 Å². The Morgan fingerprint density at radius 2 is 2.00 bits per heavy atom. The fourth-order valence-corrected chi connectivity index (χ4v) is 3.81. The Morgan fingerprint density at radius 3 is 2.76 bits per heavy atom. The van der Waals surface area contributed by atoms with Crippen molar-refractivity contribution in [3.8, 4) is 0 Å². The Hall–Kier alpha value is -3.18. The Bertz CT molecular complexity index is 960. The van der Waals surface area contributed by atoms with E-state index in [9.17, 15) is 4.79 Å². The molecule has 1 unspecified atom stereocenters. The molecule has 0 radical (unpaired) electrons. The molecule has 0 bridgehead atoms. The molecule has 4 rings (SSSR count). The zero-order valence-electron chi connectivity index (χ0n) is 16.5. The van der Waals surface area contributed by atoms with E-state index in [2.05, 4.69) is 33.4 Å². The molecule has 1 amide bonds. The van der Waals surface area contributed by atoms with Crippen molar-refractivity contribution in [1.82, 2.24) is 10.3 Å². The maximum atomic E-state index is 12.9. The molecule has 3 aromatic rings.